The number of hydrogen-bond donors (Lipinski definition) is 0. The predicted molar refractivity (Wildman–Crippen MR) is 60.8 cm³/mol. The van der Waals surface area contributed by atoms with Crippen molar-refractivity contribution in [1.82, 2.24) is 0 Å². The molecule has 82 valence electrons. The molecule has 0 radical (unpaired) electrons. The summed E-state index contributed by atoms with van der Waals surface area (Å²) in [5.41, 5.74) is -0.0103. The summed E-state index contributed by atoms with van der Waals surface area (Å²) in [6, 6.07) is 2.81. The van der Waals surface area contributed by atoms with Crippen molar-refractivity contribution in [2.75, 3.05) is 0 Å². The van der Waals surface area contributed by atoms with Crippen molar-refractivity contribution in [3.63, 3.8) is 0 Å². The van der Waals surface area contributed by atoms with Gasteiger partial charge in [0.1, 0.15) is 5.75 Å². The third-order valence-corrected chi connectivity index (χ3v) is 3.24. The Morgan fingerprint density at radius 2 is 2.13 bits per heavy atom. The van der Waals surface area contributed by atoms with Crippen molar-refractivity contribution in [2.45, 2.75) is 13.5 Å². The number of Topliss-reactive ketones (excluding diaryl/α,β-unsaturated/α-hetero) is 1. The number of halogens is 4. The van der Waals surface area contributed by atoms with Crippen LogP contribution < -0.4 is 4.74 Å². The summed E-state index contributed by atoms with van der Waals surface area (Å²) in [6.45, 7) is -1.73. The van der Waals surface area contributed by atoms with Crippen molar-refractivity contribution >= 4 is 40.0 Å². The molecule has 0 heterocycles. The first-order chi connectivity index (χ1) is 6.93. The van der Waals surface area contributed by atoms with Gasteiger partial charge in [-0.3, -0.25) is 4.79 Å². The van der Waals surface area contributed by atoms with Gasteiger partial charge in [0.15, 0.2) is 5.78 Å². The van der Waals surface area contributed by atoms with Gasteiger partial charge < -0.3 is 4.74 Å². The number of benzene rings is 1. The van der Waals surface area contributed by atoms with Gasteiger partial charge in [-0.2, -0.15) is 8.78 Å². The molecule has 0 spiro atoms. The maximum atomic E-state index is 12.0. The Balaban J connectivity index is 3.27. The Morgan fingerprint density at radius 1 is 1.53 bits per heavy atom. The maximum Gasteiger partial charge on any atom is 0.387 e. The van der Waals surface area contributed by atoms with Gasteiger partial charge in [-0.25, -0.2) is 0 Å². The minimum atomic E-state index is -2.97. The summed E-state index contributed by atoms with van der Waals surface area (Å²) in [6.07, 6.45) is 0. The highest BCUT2D eigenvalue weighted by atomic mass is 127. The zero-order valence-electron chi connectivity index (χ0n) is 7.56. The van der Waals surface area contributed by atoms with Crippen LogP contribution in [0.5, 0.6) is 5.75 Å². The first-order valence-corrected chi connectivity index (χ1v) is 5.33. The van der Waals surface area contributed by atoms with E-state index in [-0.39, 0.29) is 16.3 Å². The van der Waals surface area contributed by atoms with E-state index in [1.54, 1.807) is 0 Å². The van der Waals surface area contributed by atoms with Gasteiger partial charge in [0.2, 0.25) is 0 Å². The molecule has 0 bridgehead atoms. The van der Waals surface area contributed by atoms with Gasteiger partial charge in [0.25, 0.3) is 0 Å². The summed E-state index contributed by atoms with van der Waals surface area (Å²) < 4.78 is 28.8. The standard InChI is InChI=1S/C9H6ClF2IO2/c1-4(14)7-6(15-9(11)12)3-2-5(13)8(7)10/h2-3,9H,1H3. The van der Waals surface area contributed by atoms with Crippen LogP contribution in [0.1, 0.15) is 17.3 Å². The van der Waals surface area contributed by atoms with E-state index >= 15 is 0 Å². The average molecular weight is 346 g/mol. The highest BCUT2D eigenvalue weighted by Gasteiger charge is 2.18. The molecular weight excluding hydrogens is 340 g/mol. The number of ketones is 1. The monoisotopic (exact) mass is 346 g/mol. The average Bonchev–Trinajstić information content (AvgIpc) is 2.10. The number of ether oxygens (including phenoxy) is 1. The minimum absolute atomic E-state index is 0.0103. The summed E-state index contributed by atoms with van der Waals surface area (Å²) in [7, 11) is 0. The quantitative estimate of drug-likeness (QED) is 0.615. The SMILES string of the molecule is CC(=O)c1c(OC(F)F)ccc(I)c1Cl. The molecule has 1 aromatic rings. The normalized spacial score (nSPS) is 10.5. The lowest BCUT2D eigenvalue weighted by molar-refractivity contribution is -0.0501. The van der Waals surface area contributed by atoms with Crippen LogP contribution in [-0.2, 0) is 0 Å². The molecule has 15 heavy (non-hydrogen) atoms. The molecule has 1 aromatic carbocycles. The largest absolute Gasteiger partial charge is 0.434 e. The number of rotatable bonds is 3. The molecule has 1 rings (SSSR count). The van der Waals surface area contributed by atoms with Crippen LogP contribution >= 0.6 is 34.2 Å². The number of carbonyl (C=O) groups excluding carboxylic acids is 1. The molecule has 2 nitrogen and oxygen atoms in total. The molecule has 0 aromatic heterocycles. The van der Waals surface area contributed by atoms with Gasteiger partial charge in [-0.1, -0.05) is 11.6 Å². The Labute approximate surface area is 104 Å². The number of hydrogen-bond acceptors (Lipinski definition) is 2. The zero-order valence-corrected chi connectivity index (χ0v) is 10.5. The van der Waals surface area contributed by atoms with E-state index in [1.807, 2.05) is 22.6 Å². The molecule has 0 aliphatic rings. The van der Waals surface area contributed by atoms with E-state index < -0.39 is 12.4 Å². The van der Waals surface area contributed by atoms with E-state index in [4.69, 9.17) is 11.6 Å². The summed E-state index contributed by atoms with van der Waals surface area (Å²) in [5, 5.41) is 0.140. The topological polar surface area (TPSA) is 26.3 Å². The summed E-state index contributed by atoms with van der Waals surface area (Å²) in [5.74, 6) is -0.600. The smallest absolute Gasteiger partial charge is 0.387 e. The molecule has 0 atom stereocenters. The molecule has 0 fully saturated rings. The van der Waals surface area contributed by atoms with Gasteiger partial charge in [0.05, 0.1) is 10.6 Å². The fourth-order valence-electron chi connectivity index (χ4n) is 1.06. The van der Waals surface area contributed by atoms with Gasteiger partial charge in [-0.15, -0.1) is 0 Å². The second-order valence-electron chi connectivity index (χ2n) is 2.67. The molecule has 0 saturated carbocycles. The van der Waals surface area contributed by atoms with E-state index in [9.17, 15) is 13.6 Å². The lowest BCUT2D eigenvalue weighted by Crippen LogP contribution is -2.07. The minimum Gasteiger partial charge on any atom is -0.434 e. The summed E-state index contributed by atoms with van der Waals surface area (Å²) in [4.78, 5) is 11.2. The third kappa shape index (κ3) is 3.01. The molecular formula is C9H6ClF2IO2. The molecule has 0 amide bonds. The molecule has 0 unspecified atom stereocenters. The van der Waals surface area contributed by atoms with Crippen molar-refractivity contribution in [2.24, 2.45) is 0 Å². The second-order valence-corrected chi connectivity index (χ2v) is 4.21. The van der Waals surface area contributed by atoms with Crippen LogP contribution in [0.4, 0.5) is 8.78 Å². The van der Waals surface area contributed by atoms with E-state index in [2.05, 4.69) is 4.74 Å². The Bertz CT molecular complexity index is 396. The highest BCUT2D eigenvalue weighted by Crippen LogP contribution is 2.32. The molecule has 0 N–H and O–H groups in total. The predicted octanol–water partition coefficient (Wildman–Crippen LogP) is 3.75. The Morgan fingerprint density at radius 3 is 2.60 bits per heavy atom. The van der Waals surface area contributed by atoms with Crippen LogP contribution in [-0.4, -0.2) is 12.4 Å². The number of carbonyl (C=O) groups is 1. The third-order valence-electron chi connectivity index (χ3n) is 1.62. The van der Waals surface area contributed by atoms with E-state index in [0.717, 1.165) is 0 Å². The molecule has 0 saturated heterocycles. The zero-order chi connectivity index (χ0) is 11.6. The lowest BCUT2D eigenvalue weighted by Gasteiger charge is -2.10. The van der Waals surface area contributed by atoms with Crippen molar-refractivity contribution < 1.29 is 18.3 Å². The van der Waals surface area contributed by atoms with E-state index in [1.165, 1.54) is 19.1 Å². The highest BCUT2D eigenvalue weighted by molar-refractivity contribution is 14.1. The van der Waals surface area contributed by atoms with Crippen molar-refractivity contribution in [3.8, 4) is 5.75 Å². The van der Waals surface area contributed by atoms with Crippen molar-refractivity contribution in [1.29, 1.82) is 0 Å². The van der Waals surface area contributed by atoms with Crippen LogP contribution in [0.15, 0.2) is 12.1 Å². The molecule has 6 heteroatoms. The van der Waals surface area contributed by atoms with Crippen LogP contribution in [0.2, 0.25) is 5.02 Å². The second kappa shape index (κ2) is 5.07. The van der Waals surface area contributed by atoms with Crippen LogP contribution in [0.3, 0.4) is 0 Å². The fourth-order valence-corrected chi connectivity index (χ4v) is 1.79. The van der Waals surface area contributed by atoms with Crippen LogP contribution in [0, 0.1) is 3.57 Å². The van der Waals surface area contributed by atoms with Crippen molar-refractivity contribution in [3.05, 3.63) is 26.3 Å². The number of alkyl halides is 2. The lowest BCUT2D eigenvalue weighted by atomic mass is 10.1. The summed E-state index contributed by atoms with van der Waals surface area (Å²) >= 11 is 7.73. The first kappa shape index (κ1) is 12.6. The van der Waals surface area contributed by atoms with Gasteiger partial charge in [0, 0.05) is 3.57 Å². The molecule has 0 aliphatic carbocycles. The Hall–Kier alpha value is -0.430. The maximum absolute atomic E-state index is 12.0. The van der Waals surface area contributed by atoms with E-state index in [0.29, 0.717) is 3.57 Å². The Kier molecular flexibility index (Phi) is 4.27. The van der Waals surface area contributed by atoms with Crippen LogP contribution in [0.25, 0.3) is 0 Å². The molecule has 0 aliphatic heterocycles. The fraction of sp³-hybridized carbons (Fsp3) is 0.222. The first-order valence-electron chi connectivity index (χ1n) is 3.87. The van der Waals surface area contributed by atoms with Gasteiger partial charge in [-0.05, 0) is 41.6 Å². The van der Waals surface area contributed by atoms with Gasteiger partial charge >= 0.3 is 6.61 Å².